The van der Waals surface area contributed by atoms with Crippen LogP contribution in [0.15, 0.2) is 30.5 Å². The van der Waals surface area contributed by atoms with Gasteiger partial charge in [-0.25, -0.2) is 14.2 Å². The Hall–Kier alpha value is -1.85. The molecular formula is C13H9Cl2FN2O2. The fraction of sp³-hybridized carbons (Fsp3) is 0.0769. The second-order valence-corrected chi connectivity index (χ2v) is 4.77. The van der Waals surface area contributed by atoms with Crippen LogP contribution in [0.2, 0.25) is 10.0 Å². The number of nitrogens with zero attached hydrogens (tertiary/aromatic N) is 1. The maximum Gasteiger partial charge on any atom is 0.337 e. The second-order valence-electron chi connectivity index (χ2n) is 3.96. The normalized spacial score (nSPS) is 10.3. The van der Waals surface area contributed by atoms with Crippen LogP contribution in [0, 0.1) is 5.82 Å². The Morgan fingerprint density at radius 3 is 2.70 bits per heavy atom. The van der Waals surface area contributed by atoms with E-state index in [0.29, 0.717) is 12.4 Å². The van der Waals surface area contributed by atoms with Gasteiger partial charge >= 0.3 is 5.97 Å². The van der Waals surface area contributed by atoms with Crippen molar-refractivity contribution in [1.29, 1.82) is 0 Å². The number of pyridine rings is 1. The summed E-state index contributed by atoms with van der Waals surface area (Å²) >= 11 is 11.4. The van der Waals surface area contributed by atoms with Crippen LogP contribution in [0.25, 0.3) is 0 Å². The van der Waals surface area contributed by atoms with E-state index in [2.05, 4.69) is 10.3 Å². The van der Waals surface area contributed by atoms with Gasteiger partial charge in [0, 0.05) is 12.7 Å². The number of carboxylic acid groups (broad SMARTS) is 1. The third-order valence-corrected chi connectivity index (χ3v) is 3.13. The van der Waals surface area contributed by atoms with Crippen molar-refractivity contribution in [1.82, 2.24) is 4.98 Å². The number of anilines is 1. The molecule has 1 aromatic carbocycles. The van der Waals surface area contributed by atoms with Crippen molar-refractivity contribution in [2.75, 3.05) is 5.32 Å². The SMILES string of the molecule is O=C(O)c1cc(NCc2ccc(F)c(Cl)c2)ncc1Cl. The summed E-state index contributed by atoms with van der Waals surface area (Å²) < 4.78 is 13.0. The van der Waals surface area contributed by atoms with Gasteiger partial charge in [0.15, 0.2) is 0 Å². The summed E-state index contributed by atoms with van der Waals surface area (Å²) in [5.74, 6) is -1.27. The predicted octanol–water partition coefficient (Wildman–Crippen LogP) is 3.84. The lowest BCUT2D eigenvalue weighted by atomic mass is 10.2. The number of aromatic carboxylic acids is 1. The second kappa shape index (κ2) is 6.07. The summed E-state index contributed by atoms with van der Waals surface area (Å²) in [6, 6.07) is 5.65. The maximum absolute atomic E-state index is 13.0. The molecule has 1 heterocycles. The van der Waals surface area contributed by atoms with Gasteiger partial charge in [0.05, 0.1) is 15.6 Å². The van der Waals surface area contributed by atoms with Crippen molar-refractivity contribution in [3.05, 3.63) is 57.5 Å². The van der Waals surface area contributed by atoms with Crippen LogP contribution in [0.4, 0.5) is 10.2 Å². The van der Waals surface area contributed by atoms with E-state index in [1.807, 2.05) is 0 Å². The standard InChI is InChI=1S/C13H9Cl2FN2O2/c14-9-3-7(1-2-11(9)16)5-17-12-4-8(13(19)20)10(15)6-18-12/h1-4,6H,5H2,(H,17,18)(H,19,20). The molecule has 0 aliphatic carbocycles. The van der Waals surface area contributed by atoms with Gasteiger partial charge < -0.3 is 10.4 Å². The van der Waals surface area contributed by atoms with Crippen LogP contribution in [-0.2, 0) is 6.54 Å². The van der Waals surface area contributed by atoms with Gasteiger partial charge in [-0.1, -0.05) is 29.3 Å². The number of rotatable bonds is 4. The van der Waals surface area contributed by atoms with Crippen molar-refractivity contribution < 1.29 is 14.3 Å². The van der Waals surface area contributed by atoms with Crippen LogP contribution in [0.1, 0.15) is 15.9 Å². The predicted molar refractivity (Wildman–Crippen MR) is 74.9 cm³/mol. The molecule has 4 nitrogen and oxygen atoms in total. The molecule has 0 saturated carbocycles. The van der Waals surface area contributed by atoms with E-state index in [9.17, 15) is 9.18 Å². The lowest BCUT2D eigenvalue weighted by Crippen LogP contribution is -2.05. The number of benzene rings is 1. The van der Waals surface area contributed by atoms with Gasteiger partial charge in [0.25, 0.3) is 0 Å². The molecule has 104 valence electrons. The molecule has 20 heavy (non-hydrogen) atoms. The first-order valence-corrected chi connectivity index (χ1v) is 6.29. The van der Waals surface area contributed by atoms with E-state index < -0.39 is 11.8 Å². The average Bonchev–Trinajstić information content (AvgIpc) is 2.41. The highest BCUT2D eigenvalue weighted by atomic mass is 35.5. The average molecular weight is 315 g/mol. The monoisotopic (exact) mass is 314 g/mol. The number of carbonyl (C=O) groups is 1. The number of carboxylic acids is 1. The minimum absolute atomic E-state index is 0.0274. The molecule has 2 rings (SSSR count). The molecule has 1 aromatic heterocycles. The first-order chi connectivity index (χ1) is 9.47. The summed E-state index contributed by atoms with van der Waals surface area (Å²) in [7, 11) is 0. The van der Waals surface area contributed by atoms with Crippen LogP contribution < -0.4 is 5.32 Å². The largest absolute Gasteiger partial charge is 0.478 e. The first kappa shape index (κ1) is 14.6. The van der Waals surface area contributed by atoms with E-state index in [4.69, 9.17) is 28.3 Å². The molecule has 0 spiro atoms. The van der Waals surface area contributed by atoms with Crippen LogP contribution >= 0.6 is 23.2 Å². The number of halogens is 3. The highest BCUT2D eigenvalue weighted by molar-refractivity contribution is 6.33. The number of nitrogens with one attached hydrogen (secondary N) is 1. The Balaban J connectivity index is 2.12. The van der Waals surface area contributed by atoms with Crippen LogP contribution in [0.5, 0.6) is 0 Å². The highest BCUT2D eigenvalue weighted by Gasteiger charge is 2.10. The molecule has 0 aliphatic rings. The lowest BCUT2D eigenvalue weighted by Gasteiger charge is -2.08. The Morgan fingerprint density at radius 1 is 1.30 bits per heavy atom. The summed E-state index contributed by atoms with van der Waals surface area (Å²) in [5.41, 5.74) is 0.700. The van der Waals surface area contributed by atoms with E-state index in [1.165, 1.54) is 24.4 Å². The minimum atomic E-state index is -1.13. The summed E-state index contributed by atoms with van der Waals surface area (Å²) in [4.78, 5) is 14.9. The van der Waals surface area contributed by atoms with Gasteiger partial charge in [-0.2, -0.15) is 0 Å². The van der Waals surface area contributed by atoms with Gasteiger partial charge in [0.2, 0.25) is 0 Å². The zero-order valence-electron chi connectivity index (χ0n) is 10.0. The number of hydrogen-bond donors (Lipinski definition) is 2. The Labute approximate surface area is 124 Å². The molecule has 0 atom stereocenters. The molecule has 0 radical (unpaired) electrons. The number of hydrogen-bond acceptors (Lipinski definition) is 3. The van der Waals surface area contributed by atoms with E-state index in [-0.39, 0.29) is 15.6 Å². The molecule has 0 fully saturated rings. The Kier molecular flexibility index (Phi) is 4.42. The quantitative estimate of drug-likeness (QED) is 0.900. The molecular weight excluding hydrogens is 306 g/mol. The van der Waals surface area contributed by atoms with E-state index in [1.54, 1.807) is 6.07 Å². The van der Waals surface area contributed by atoms with Crippen molar-refractivity contribution in [2.45, 2.75) is 6.54 Å². The van der Waals surface area contributed by atoms with Crippen LogP contribution in [-0.4, -0.2) is 16.1 Å². The summed E-state index contributed by atoms with van der Waals surface area (Å²) in [6.45, 7) is 0.327. The van der Waals surface area contributed by atoms with Crippen molar-refractivity contribution in [2.24, 2.45) is 0 Å². The van der Waals surface area contributed by atoms with Gasteiger partial charge in [-0.05, 0) is 23.8 Å². The molecule has 0 amide bonds. The fourth-order valence-corrected chi connectivity index (χ4v) is 1.93. The molecule has 0 saturated heterocycles. The third-order valence-electron chi connectivity index (χ3n) is 2.54. The highest BCUT2D eigenvalue weighted by Crippen LogP contribution is 2.20. The molecule has 7 heteroatoms. The van der Waals surface area contributed by atoms with Gasteiger partial charge in [-0.3, -0.25) is 0 Å². The minimum Gasteiger partial charge on any atom is -0.478 e. The summed E-state index contributed by atoms with van der Waals surface area (Å²) in [6.07, 6.45) is 1.25. The smallest absolute Gasteiger partial charge is 0.337 e. The molecule has 0 bridgehead atoms. The number of aromatic nitrogens is 1. The topological polar surface area (TPSA) is 62.2 Å². The van der Waals surface area contributed by atoms with E-state index >= 15 is 0 Å². The molecule has 2 aromatic rings. The van der Waals surface area contributed by atoms with Crippen LogP contribution in [0.3, 0.4) is 0 Å². The first-order valence-electron chi connectivity index (χ1n) is 5.54. The fourth-order valence-electron chi connectivity index (χ4n) is 1.54. The van der Waals surface area contributed by atoms with E-state index in [0.717, 1.165) is 5.56 Å². The van der Waals surface area contributed by atoms with Crippen molar-refractivity contribution >= 4 is 35.0 Å². The lowest BCUT2D eigenvalue weighted by molar-refractivity contribution is 0.0697. The maximum atomic E-state index is 13.0. The molecule has 2 N–H and O–H groups in total. The summed E-state index contributed by atoms with van der Waals surface area (Å²) in [5, 5.41) is 11.9. The Morgan fingerprint density at radius 2 is 2.05 bits per heavy atom. The van der Waals surface area contributed by atoms with Crippen molar-refractivity contribution in [3.63, 3.8) is 0 Å². The zero-order valence-corrected chi connectivity index (χ0v) is 11.5. The van der Waals surface area contributed by atoms with Gasteiger partial charge in [-0.15, -0.1) is 0 Å². The zero-order chi connectivity index (χ0) is 14.7. The Bertz CT molecular complexity index is 665. The molecule has 0 aliphatic heterocycles. The third kappa shape index (κ3) is 3.37. The van der Waals surface area contributed by atoms with Gasteiger partial charge in [0.1, 0.15) is 11.6 Å². The van der Waals surface area contributed by atoms with Crippen molar-refractivity contribution in [3.8, 4) is 0 Å². The molecule has 0 unspecified atom stereocenters.